The molecule has 0 atom stereocenters. The molecule has 3 aromatic rings. The maximum atomic E-state index is 12.4. The summed E-state index contributed by atoms with van der Waals surface area (Å²) in [6, 6.07) is 2.10. The van der Waals surface area contributed by atoms with Gasteiger partial charge in [0.15, 0.2) is 5.82 Å². The zero-order valence-electron chi connectivity index (χ0n) is 16.4. The topological polar surface area (TPSA) is 68.8 Å². The fourth-order valence-corrected chi connectivity index (χ4v) is 3.92. The van der Waals surface area contributed by atoms with Crippen LogP contribution in [0.5, 0.6) is 0 Å². The van der Waals surface area contributed by atoms with Gasteiger partial charge in [-0.1, -0.05) is 0 Å². The minimum Gasteiger partial charge on any atom is -0.355 e. The van der Waals surface area contributed by atoms with Gasteiger partial charge in [0.05, 0.1) is 11.8 Å². The van der Waals surface area contributed by atoms with Crippen LogP contribution in [0.3, 0.4) is 0 Å². The van der Waals surface area contributed by atoms with Crippen LogP contribution in [-0.2, 0) is 13.6 Å². The van der Waals surface area contributed by atoms with Gasteiger partial charge in [-0.3, -0.25) is 9.36 Å². The lowest BCUT2D eigenvalue weighted by Crippen LogP contribution is -2.37. The Labute approximate surface area is 158 Å². The van der Waals surface area contributed by atoms with E-state index in [-0.39, 0.29) is 5.56 Å². The van der Waals surface area contributed by atoms with Crippen molar-refractivity contribution in [2.24, 2.45) is 13.0 Å². The number of rotatable bonds is 3. The van der Waals surface area contributed by atoms with Crippen molar-refractivity contribution in [1.82, 2.24) is 24.1 Å². The van der Waals surface area contributed by atoms with Crippen molar-refractivity contribution in [2.75, 3.05) is 18.0 Å². The van der Waals surface area contributed by atoms with Crippen LogP contribution in [0, 0.1) is 26.7 Å². The zero-order chi connectivity index (χ0) is 19.1. The van der Waals surface area contributed by atoms with E-state index in [0.717, 1.165) is 60.6 Å². The number of nitrogens with zero attached hydrogens (tertiary/aromatic N) is 6. The number of aromatic nitrogens is 5. The average molecular weight is 366 g/mol. The second kappa shape index (κ2) is 6.79. The van der Waals surface area contributed by atoms with Gasteiger partial charge in [0.25, 0.3) is 5.56 Å². The molecule has 1 aliphatic rings. The molecule has 0 aromatic carbocycles. The molecule has 0 bridgehead atoms. The maximum Gasteiger partial charge on any atom is 0.256 e. The van der Waals surface area contributed by atoms with Gasteiger partial charge in [-0.05, 0) is 45.6 Å². The number of hydrogen-bond acceptors (Lipinski definition) is 5. The molecule has 0 radical (unpaired) electrons. The lowest BCUT2D eigenvalue weighted by Gasteiger charge is -2.33. The van der Waals surface area contributed by atoms with E-state index in [9.17, 15) is 4.79 Å². The van der Waals surface area contributed by atoms with E-state index in [1.165, 1.54) is 5.69 Å². The second-order valence-electron chi connectivity index (χ2n) is 7.62. The van der Waals surface area contributed by atoms with E-state index < -0.39 is 0 Å². The van der Waals surface area contributed by atoms with E-state index in [1.54, 1.807) is 17.2 Å². The number of piperidine rings is 1. The molecule has 27 heavy (non-hydrogen) atoms. The van der Waals surface area contributed by atoms with E-state index >= 15 is 0 Å². The third-order valence-electron chi connectivity index (χ3n) is 5.93. The molecule has 1 fully saturated rings. The molecule has 7 heteroatoms. The first-order valence-electron chi connectivity index (χ1n) is 9.50. The summed E-state index contributed by atoms with van der Waals surface area (Å²) in [5.41, 5.74) is 4.93. The molecular weight excluding hydrogens is 340 g/mol. The third-order valence-corrected chi connectivity index (χ3v) is 5.93. The van der Waals surface area contributed by atoms with Gasteiger partial charge >= 0.3 is 0 Å². The fraction of sp³-hybridized carbons (Fsp3) is 0.500. The monoisotopic (exact) mass is 366 g/mol. The Kier molecular flexibility index (Phi) is 4.45. The maximum absolute atomic E-state index is 12.4. The van der Waals surface area contributed by atoms with Gasteiger partial charge in [0.1, 0.15) is 11.8 Å². The molecule has 142 valence electrons. The highest BCUT2D eigenvalue weighted by Crippen LogP contribution is 2.29. The highest BCUT2D eigenvalue weighted by atomic mass is 16.1. The predicted molar refractivity (Wildman–Crippen MR) is 106 cm³/mol. The average Bonchev–Trinajstić information content (AvgIpc) is 2.97. The standard InChI is InChI=1S/C20H26N6O/c1-13-9-17-18(24(13)4)19(22-11-21-17)25-7-5-16(6-8-25)10-26-12-23-15(3)14(2)20(26)27/h9,11-12,16H,5-8,10H2,1-4H3. The SMILES string of the molecule is Cc1ncn(CC2CCN(c3ncnc4cc(C)n(C)c34)CC2)c(=O)c1C. The third kappa shape index (κ3) is 3.11. The molecule has 0 N–H and O–H groups in total. The summed E-state index contributed by atoms with van der Waals surface area (Å²) in [7, 11) is 2.07. The molecule has 4 heterocycles. The Morgan fingerprint density at radius 3 is 2.59 bits per heavy atom. The first-order chi connectivity index (χ1) is 13.0. The Bertz CT molecular complexity index is 1040. The van der Waals surface area contributed by atoms with Gasteiger partial charge in [0, 0.05) is 43.6 Å². The van der Waals surface area contributed by atoms with Crippen LogP contribution in [-0.4, -0.2) is 37.2 Å². The quantitative estimate of drug-likeness (QED) is 0.712. The summed E-state index contributed by atoms with van der Waals surface area (Å²) in [5, 5.41) is 0. The largest absolute Gasteiger partial charge is 0.355 e. The van der Waals surface area contributed by atoms with Gasteiger partial charge in [-0.2, -0.15) is 0 Å². The highest BCUT2D eigenvalue weighted by molar-refractivity contribution is 5.87. The Morgan fingerprint density at radius 2 is 1.85 bits per heavy atom. The first kappa shape index (κ1) is 17.7. The summed E-state index contributed by atoms with van der Waals surface area (Å²) in [4.78, 5) is 28.1. The summed E-state index contributed by atoms with van der Waals surface area (Å²) in [6.45, 7) is 8.44. The van der Waals surface area contributed by atoms with Crippen LogP contribution < -0.4 is 10.5 Å². The first-order valence-corrected chi connectivity index (χ1v) is 9.50. The van der Waals surface area contributed by atoms with Crippen LogP contribution in [0.1, 0.15) is 29.8 Å². The molecule has 0 aliphatic carbocycles. The van der Waals surface area contributed by atoms with E-state index in [0.29, 0.717) is 5.92 Å². The summed E-state index contributed by atoms with van der Waals surface area (Å²) < 4.78 is 3.93. The molecule has 7 nitrogen and oxygen atoms in total. The van der Waals surface area contributed by atoms with E-state index in [4.69, 9.17) is 0 Å². The predicted octanol–water partition coefficient (Wildman–Crippen LogP) is 2.37. The van der Waals surface area contributed by atoms with Crippen LogP contribution >= 0.6 is 0 Å². The molecular formula is C20H26N6O. The smallest absolute Gasteiger partial charge is 0.256 e. The normalized spacial score (nSPS) is 15.6. The van der Waals surface area contributed by atoms with Gasteiger partial charge in [-0.15, -0.1) is 0 Å². The molecule has 1 saturated heterocycles. The van der Waals surface area contributed by atoms with Gasteiger partial charge < -0.3 is 9.47 Å². The summed E-state index contributed by atoms with van der Waals surface area (Å²) in [6.07, 6.45) is 5.42. The van der Waals surface area contributed by atoms with Crippen LogP contribution in [0.2, 0.25) is 0 Å². The van der Waals surface area contributed by atoms with Crippen molar-refractivity contribution in [1.29, 1.82) is 0 Å². The zero-order valence-corrected chi connectivity index (χ0v) is 16.4. The number of aryl methyl sites for hydroxylation is 3. The Balaban J connectivity index is 1.50. The lowest BCUT2D eigenvalue weighted by atomic mass is 9.96. The summed E-state index contributed by atoms with van der Waals surface area (Å²) in [5.74, 6) is 1.49. The van der Waals surface area contributed by atoms with Gasteiger partial charge in [0.2, 0.25) is 0 Å². The van der Waals surface area contributed by atoms with Gasteiger partial charge in [-0.25, -0.2) is 15.0 Å². The highest BCUT2D eigenvalue weighted by Gasteiger charge is 2.23. The van der Waals surface area contributed by atoms with E-state index in [2.05, 4.69) is 44.5 Å². The molecule has 0 spiro atoms. The van der Waals surface area contributed by atoms with Crippen molar-refractivity contribution >= 4 is 16.9 Å². The van der Waals surface area contributed by atoms with Crippen molar-refractivity contribution in [3.8, 4) is 0 Å². The minimum absolute atomic E-state index is 0.0849. The molecule has 0 saturated carbocycles. The summed E-state index contributed by atoms with van der Waals surface area (Å²) >= 11 is 0. The van der Waals surface area contributed by atoms with Crippen molar-refractivity contribution in [3.05, 3.63) is 46.0 Å². The Morgan fingerprint density at radius 1 is 1.11 bits per heavy atom. The molecule has 1 aliphatic heterocycles. The van der Waals surface area contributed by atoms with Crippen molar-refractivity contribution < 1.29 is 0 Å². The number of anilines is 1. The van der Waals surface area contributed by atoms with Crippen LogP contribution in [0.4, 0.5) is 5.82 Å². The Hall–Kier alpha value is -2.70. The van der Waals surface area contributed by atoms with Crippen molar-refractivity contribution in [2.45, 2.75) is 40.2 Å². The molecule has 3 aromatic heterocycles. The number of hydrogen-bond donors (Lipinski definition) is 0. The van der Waals surface area contributed by atoms with Crippen LogP contribution in [0.25, 0.3) is 11.0 Å². The molecule has 0 amide bonds. The fourth-order valence-electron chi connectivity index (χ4n) is 3.92. The molecule has 4 rings (SSSR count). The second-order valence-corrected chi connectivity index (χ2v) is 7.62. The lowest BCUT2D eigenvalue weighted by molar-refractivity contribution is 0.349. The number of fused-ring (bicyclic) bond motifs is 1. The minimum atomic E-state index is 0.0849. The molecule has 0 unspecified atom stereocenters. The van der Waals surface area contributed by atoms with Crippen molar-refractivity contribution in [3.63, 3.8) is 0 Å². The van der Waals surface area contributed by atoms with E-state index in [1.807, 2.05) is 13.8 Å². The van der Waals surface area contributed by atoms with Crippen LogP contribution in [0.15, 0.2) is 23.5 Å².